The number of nitrogen functional groups attached to an aromatic ring is 1. The number of hydrazine groups is 1. The molecule has 86 valence electrons. The third kappa shape index (κ3) is 3.84. The Morgan fingerprint density at radius 2 is 2.12 bits per heavy atom. The molecule has 0 unspecified atom stereocenters. The molecule has 0 saturated heterocycles. The van der Waals surface area contributed by atoms with Crippen LogP contribution in [-0.2, 0) is 11.3 Å². The van der Waals surface area contributed by atoms with Crippen LogP contribution in [0.15, 0.2) is 36.4 Å². The molecule has 0 fully saturated rings. The second kappa shape index (κ2) is 6.76. The molecule has 0 bridgehead atoms. The summed E-state index contributed by atoms with van der Waals surface area (Å²) in [6.45, 7) is 3.08. The molecule has 1 aromatic rings. The lowest BCUT2D eigenvalue weighted by Crippen LogP contribution is -2.29. The second-order valence-corrected chi connectivity index (χ2v) is 3.25. The lowest BCUT2D eigenvalue weighted by Gasteiger charge is -2.03. The quantitative estimate of drug-likeness (QED) is 0.259. The minimum absolute atomic E-state index is 0.290. The summed E-state index contributed by atoms with van der Waals surface area (Å²) in [5.41, 5.74) is 3.65. The van der Waals surface area contributed by atoms with Crippen molar-refractivity contribution >= 4 is 5.91 Å². The van der Waals surface area contributed by atoms with E-state index in [0.29, 0.717) is 18.8 Å². The third-order valence-corrected chi connectivity index (χ3v) is 2.07. The maximum absolute atomic E-state index is 11.1. The van der Waals surface area contributed by atoms with Crippen molar-refractivity contribution < 1.29 is 9.53 Å². The summed E-state index contributed by atoms with van der Waals surface area (Å²) >= 11 is 0. The highest BCUT2D eigenvalue weighted by Crippen LogP contribution is 2.05. The minimum Gasteiger partial charge on any atom is -0.373 e. The lowest BCUT2D eigenvalue weighted by atomic mass is 10.1. The first-order valence-corrected chi connectivity index (χ1v) is 5.06. The van der Waals surface area contributed by atoms with Gasteiger partial charge in [-0.15, -0.1) is 0 Å². The van der Waals surface area contributed by atoms with Crippen LogP contribution in [-0.4, -0.2) is 12.5 Å². The molecular weight excluding hydrogens is 204 g/mol. The SMILES string of the molecule is CC=CCOCc1ccc(C(=O)NN)cc1. The minimum atomic E-state index is -0.290. The molecule has 0 aliphatic heterocycles. The zero-order valence-corrected chi connectivity index (χ0v) is 9.27. The molecule has 0 aliphatic rings. The lowest BCUT2D eigenvalue weighted by molar-refractivity contribution is 0.0953. The largest absolute Gasteiger partial charge is 0.373 e. The van der Waals surface area contributed by atoms with Crippen LogP contribution in [0, 0.1) is 0 Å². The number of rotatable bonds is 5. The molecule has 0 spiro atoms. The van der Waals surface area contributed by atoms with Crippen molar-refractivity contribution in [3.8, 4) is 0 Å². The zero-order chi connectivity index (χ0) is 11.8. The fraction of sp³-hybridized carbons (Fsp3) is 0.250. The summed E-state index contributed by atoms with van der Waals surface area (Å²) < 4.78 is 5.37. The summed E-state index contributed by atoms with van der Waals surface area (Å²) in [6, 6.07) is 7.13. The fourth-order valence-electron chi connectivity index (χ4n) is 1.18. The number of carbonyl (C=O) groups is 1. The summed E-state index contributed by atoms with van der Waals surface area (Å²) in [5, 5.41) is 0. The van der Waals surface area contributed by atoms with Gasteiger partial charge in [0.05, 0.1) is 13.2 Å². The van der Waals surface area contributed by atoms with Crippen LogP contribution in [0.4, 0.5) is 0 Å². The molecule has 0 saturated carbocycles. The Labute approximate surface area is 95.1 Å². The van der Waals surface area contributed by atoms with Gasteiger partial charge in [0.25, 0.3) is 5.91 Å². The van der Waals surface area contributed by atoms with Gasteiger partial charge in [-0.1, -0.05) is 24.3 Å². The van der Waals surface area contributed by atoms with Gasteiger partial charge < -0.3 is 4.74 Å². The van der Waals surface area contributed by atoms with Crippen molar-refractivity contribution in [2.45, 2.75) is 13.5 Å². The molecule has 0 aliphatic carbocycles. The molecule has 4 heteroatoms. The number of ether oxygens (including phenoxy) is 1. The third-order valence-electron chi connectivity index (χ3n) is 2.07. The number of benzene rings is 1. The Balaban J connectivity index is 2.48. The van der Waals surface area contributed by atoms with Crippen molar-refractivity contribution in [3.05, 3.63) is 47.5 Å². The highest BCUT2D eigenvalue weighted by molar-refractivity contribution is 5.93. The highest BCUT2D eigenvalue weighted by Gasteiger charge is 2.02. The molecule has 4 nitrogen and oxygen atoms in total. The first-order valence-electron chi connectivity index (χ1n) is 5.06. The van der Waals surface area contributed by atoms with Gasteiger partial charge in [0.15, 0.2) is 0 Å². The van der Waals surface area contributed by atoms with Crippen LogP contribution in [0.2, 0.25) is 0 Å². The normalized spacial score (nSPS) is 10.6. The van der Waals surface area contributed by atoms with E-state index < -0.39 is 0 Å². The highest BCUT2D eigenvalue weighted by atomic mass is 16.5. The monoisotopic (exact) mass is 220 g/mol. The van der Waals surface area contributed by atoms with Gasteiger partial charge in [0.2, 0.25) is 0 Å². The average Bonchev–Trinajstić information content (AvgIpc) is 2.34. The van der Waals surface area contributed by atoms with Crippen molar-refractivity contribution in [1.29, 1.82) is 0 Å². The topological polar surface area (TPSA) is 64.3 Å². The van der Waals surface area contributed by atoms with Crippen LogP contribution >= 0.6 is 0 Å². The van der Waals surface area contributed by atoms with E-state index in [-0.39, 0.29) is 5.91 Å². The Bertz CT molecular complexity index is 358. The molecular formula is C12H16N2O2. The summed E-state index contributed by atoms with van der Waals surface area (Å²) in [6.07, 6.45) is 3.88. The van der Waals surface area contributed by atoms with E-state index in [1.807, 2.05) is 31.2 Å². The average molecular weight is 220 g/mol. The van der Waals surface area contributed by atoms with Crippen LogP contribution in [0.3, 0.4) is 0 Å². The van der Waals surface area contributed by atoms with Gasteiger partial charge >= 0.3 is 0 Å². The van der Waals surface area contributed by atoms with Crippen molar-refractivity contribution in [1.82, 2.24) is 5.43 Å². The predicted octanol–water partition coefficient (Wildman–Crippen LogP) is 1.38. The maximum atomic E-state index is 11.1. The second-order valence-electron chi connectivity index (χ2n) is 3.25. The molecule has 0 heterocycles. The number of allylic oxidation sites excluding steroid dienone is 1. The zero-order valence-electron chi connectivity index (χ0n) is 9.27. The van der Waals surface area contributed by atoms with E-state index in [1.54, 1.807) is 12.1 Å². The maximum Gasteiger partial charge on any atom is 0.265 e. The van der Waals surface area contributed by atoms with Crippen molar-refractivity contribution in [3.63, 3.8) is 0 Å². The van der Waals surface area contributed by atoms with Crippen LogP contribution < -0.4 is 11.3 Å². The van der Waals surface area contributed by atoms with Gasteiger partial charge in [-0.05, 0) is 24.6 Å². The van der Waals surface area contributed by atoms with Crippen molar-refractivity contribution in [2.24, 2.45) is 5.84 Å². The number of nitrogens with two attached hydrogens (primary N) is 1. The van der Waals surface area contributed by atoms with E-state index in [0.717, 1.165) is 5.56 Å². The number of hydrogen-bond donors (Lipinski definition) is 2. The first kappa shape index (κ1) is 12.4. The van der Waals surface area contributed by atoms with E-state index in [1.165, 1.54) is 0 Å². The van der Waals surface area contributed by atoms with Gasteiger partial charge in [-0.3, -0.25) is 10.2 Å². The predicted molar refractivity (Wildman–Crippen MR) is 62.6 cm³/mol. The molecule has 1 aromatic carbocycles. The van der Waals surface area contributed by atoms with Gasteiger partial charge in [-0.25, -0.2) is 5.84 Å². The molecule has 1 amide bonds. The number of carbonyl (C=O) groups excluding carboxylic acids is 1. The molecule has 3 N–H and O–H groups in total. The Morgan fingerprint density at radius 3 is 2.69 bits per heavy atom. The molecule has 0 atom stereocenters. The Kier molecular flexibility index (Phi) is 5.25. The summed E-state index contributed by atoms with van der Waals surface area (Å²) in [4.78, 5) is 11.1. The van der Waals surface area contributed by atoms with E-state index in [4.69, 9.17) is 10.6 Å². The number of amides is 1. The molecule has 1 rings (SSSR count). The van der Waals surface area contributed by atoms with Gasteiger partial charge in [0.1, 0.15) is 0 Å². The molecule has 0 aromatic heterocycles. The number of nitrogens with one attached hydrogen (secondary N) is 1. The van der Waals surface area contributed by atoms with Gasteiger partial charge in [0, 0.05) is 5.56 Å². The molecule has 0 radical (unpaired) electrons. The number of hydrogen-bond acceptors (Lipinski definition) is 3. The van der Waals surface area contributed by atoms with E-state index >= 15 is 0 Å². The van der Waals surface area contributed by atoms with E-state index in [2.05, 4.69) is 5.43 Å². The summed E-state index contributed by atoms with van der Waals surface area (Å²) in [7, 11) is 0. The first-order chi connectivity index (χ1) is 7.77. The standard InChI is InChI=1S/C12H16N2O2/c1-2-3-8-16-9-10-4-6-11(7-5-10)12(15)14-13/h2-7H,8-9,13H2,1H3,(H,14,15). The Hall–Kier alpha value is -1.65. The van der Waals surface area contributed by atoms with Gasteiger partial charge in [-0.2, -0.15) is 0 Å². The Morgan fingerprint density at radius 1 is 1.44 bits per heavy atom. The van der Waals surface area contributed by atoms with Crippen LogP contribution in [0.5, 0.6) is 0 Å². The van der Waals surface area contributed by atoms with Crippen LogP contribution in [0.1, 0.15) is 22.8 Å². The van der Waals surface area contributed by atoms with Crippen molar-refractivity contribution in [2.75, 3.05) is 6.61 Å². The molecule has 16 heavy (non-hydrogen) atoms. The van der Waals surface area contributed by atoms with E-state index in [9.17, 15) is 4.79 Å². The van der Waals surface area contributed by atoms with Crippen LogP contribution in [0.25, 0.3) is 0 Å². The summed E-state index contributed by atoms with van der Waals surface area (Å²) in [5.74, 6) is 4.73. The smallest absolute Gasteiger partial charge is 0.265 e. The fourth-order valence-corrected chi connectivity index (χ4v) is 1.18.